The van der Waals surface area contributed by atoms with Crippen molar-refractivity contribution in [3.8, 4) is 11.1 Å². The van der Waals surface area contributed by atoms with Crippen molar-refractivity contribution in [3.63, 3.8) is 0 Å². The zero-order valence-electron chi connectivity index (χ0n) is 21.8. The van der Waals surface area contributed by atoms with Gasteiger partial charge in [0.2, 0.25) is 0 Å². The van der Waals surface area contributed by atoms with Crippen LogP contribution in [0.1, 0.15) is 45.4 Å². The molecule has 9 nitrogen and oxygen atoms in total. The summed E-state index contributed by atoms with van der Waals surface area (Å²) in [7, 11) is 4.04. The van der Waals surface area contributed by atoms with Crippen molar-refractivity contribution in [1.82, 2.24) is 34.3 Å². The van der Waals surface area contributed by atoms with Crippen LogP contribution in [-0.4, -0.2) is 53.4 Å². The highest BCUT2D eigenvalue weighted by Gasteiger charge is 2.20. The number of aryl methyl sites for hydroxylation is 1. The predicted molar refractivity (Wildman–Crippen MR) is 150 cm³/mol. The lowest BCUT2D eigenvalue weighted by Crippen LogP contribution is -2.37. The van der Waals surface area contributed by atoms with E-state index in [1.165, 1.54) is 0 Å². The van der Waals surface area contributed by atoms with E-state index < -0.39 is 0 Å². The highest BCUT2D eigenvalue weighted by molar-refractivity contribution is 6.38. The molecule has 0 fully saturated rings. The Kier molecular flexibility index (Phi) is 7.17. The second kappa shape index (κ2) is 10.5. The molecule has 0 bridgehead atoms. The first-order valence-corrected chi connectivity index (χ1v) is 13.2. The molecular formula is C27H34ClN9. The fraction of sp³-hybridized carbons (Fsp3) is 0.407. The Bertz CT molecular complexity index is 1520. The number of hydrogen-bond acceptors (Lipinski definition) is 6. The van der Waals surface area contributed by atoms with Crippen molar-refractivity contribution in [2.45, 2.75) is 58.2 Å². The molecule has 0 saturated carbocycles. The number of imidazole rings is 1. The highest BCUT2D eigenvalue weighted by Crippen LogP contribution is 2.37. The van der Waals surface area contributed by atoms with Gasteiger partial charge in [0.05, 0.1) is 23.3 Å². The number of hydrogen-bond donors (Lipinski definition) is 2. The van der Waals surface area contributed by atoms with Gasteiger partial charge in [0.1, 0.15) is 17.2 Å². The number of nitrogens with one attached hydrogen (secondary N) is 1. The lowest BCUT2D eigenvalue weighted by molar-refractivity contribution is 0.468. The molecule has 5 rings (SSSR count). The second-order valence-electron chi connectivity index (χ2n) is 9.73. The zero-order chi connectivity index (χ0) is 26.1. The lowest BCUT2D eigenvalue weighted by atomic mass is 10.0. The second-order valence-corrected chi connectivity index (χ2v) is 10.1. The Labute approximate surface area is 221 Å². The molecule has 4 heterocycles. The number of nitrogens with two attached hydrogens (primary N) is 1. The largest absolute Gasteiger partial charge is 0.355 e. The number of nitrogens with zero attached hydrogens (tertiary/aromatic N) is 7. The first kappa shape index (κ1) is 25.2. The SMILES string of the molecule is CCC[C@@H](N)C[C@H](CC)N(C)c1cnc2c(-c3ccc4nn(Cc5nccn5C)cc4c3Cl)c[nH]c2n1. The van der Waals surface area contributed by atoms with Gasteiger partial charge >= 0.3 is 0 Å². The Morgan fingerprint density at radius 1 is 1.19 bits per heavy atom. The number of anilines is 1. The molecule has 2 atom stereocenters. The van der Waals surface area contributed by atoms with Crippen LogP contribution in [0.15, 0.2) is 43.1 Å². The molecule has 0 aliphatic rings. The molecule has 10 heteroatoms. The zero-order valence-corrected chi connectivity index (χ0v) is 22.6. The summed E-state index contributed by atoms with van der Waals surface area (Å²) in [5.41, 5.74) is 10.5. The van der Waals surface area contributed by atoms with E-state index in [0.717, 1.165) is 70.5 Å². The number of aromatic amines is 1. The molecule has 4 aromatic heterocycles. The number of H-pyrrole nitrogens is 1. The average Bonchev–Trinajstić information content (AvgIpc) is 3.61. The van der Waals surface area contributed by atoms with Gasteiger partial charge in [-0.3, -0.25) is 4.68 Å². The molecule has 0 aliphatic heterocycles. The van der Waals surface area contributed by atoms with Crippen LogP contribution in [0.4, 0.5) is 5.82 Å². The summed E-state index contributed by atoms with van der Waals surface area (Å²) in [4.78, 5) is 19.6. The number of rotatable bonds is 10. The van der Waals surface area contributed by atoms with Gasteiger partial charge in [0.25, 0.3) is 0 Å². The van der Waals surface area contributed by atoms with E-state index in [-0.39, 0.29) is 6.04 Å². The third-order valence-corrected chi connectivity index (χ3v) is 7.58. The standard InChI is InChI=1S/C27H34ClN9/c1-5-7-17(29)12-18(6-2)36(4)23-14-31-26-20(13-32-27(26)33-23)19-8-9-22-21(25(19)28)15-37(34-22)16-24-30-10-11-35(24)3/h8-11,13-15,17-18H,5-7,12,16,29H2,1-4H3,(H,32,33)/t17-,18+/m1/s1. The van der Waals surface area contributed by atoms with Gasteiger partial charge in [-0.1, -0.05) is 37.9 Å². The minimum absolute atomic E-state index is 0.191. The maximum absolute atomic E-state index is 6.92. The summed E-state index contributed by atoms with van der Waals surface area (Å²) in [5, 5.41) is 6.22. The summed E-state index contributed by atoms with van der Waals surface area (Å²) >= 11 is 6.92. The van der Waals surface area contributed by atoms with Gasteiger partial charge in [0.15, 0.2) is 5.65 Å². The van der Waals surface area contributed by atoms with Crippen molar-refractivity contribution in [2.24, 2.45) is 12.8 Å². The molecule has 0 aliphatic carbocycles. The first-order chi connectivity index (χ1) is 17.9. The van der Waals surface area contributed by atoms with Gasteiger partial charge in [-0.2, -0.15) is 5.10 Å². The molecular weight excluding hydrogens is 486 g/mol. The van der Waals surface area contributed by atoms with Crippen molar-refractivity contribution in [3.05, 3.63) is 54.0 Å². The third kappa shape index (κ3) is 4.93. The maximum atomic E-state index is 6.92. The summed E-state index contributed by atoms with van der Waals surface area (Å²) in [6, 6.07) is 4.49. The van der Waals surface area contributed by atoms with Crippen molar-refractivity contribution in [2.75, 3.05) is 11.9 Å². The molecule has 1 aromatic carbocycles. The van der Waals surface area contributed by atoms with E-state index in [1.54, 1.807) is 6.20 Å². The van der Waals surface area contributed by atoms with Crippen LogP contribution in [0.2, 0.25) is 5.02 Å². The smallest absolute Gasteiger partial charge is 0.159 e. The summed E-state index contributed by atoms with van der Waals surface area (Å²) < 4.78 is 3.86. The normalized spacial score (nSPS) is 13.5. The van der Waals surface area contributed by atoms with Gasteiger partial charge in [-0.25, -0.2) is 15.0 Å². The predicted octanol–water partition coefficient (Wildman–Crippen LogP) is 5.14. The Hall–Kier alpha value is -3.43. The van der Waals surface area contributed by atoms with E-state index >= 15 is 0 Å². The number of benzene rings is 1. The van der Waals surface area contributed by atoms with Crippen LogP contribution >= 0.6 is 11.6 Å². The topological polar surface area (TPSA) is 106 Å². The minimum atomic E-state index is 0.191. The number of aromatic nitrogens is 7. The van der Waals surface area contributed by atoms with E-state index in [2.05, 4.69) is 35.8 Å². The maximum Gasteiger partial charge on any atom is 0.159 e. The van der Waals surface area contributed by atoms with Crippen LogP contribution in [0.3, 0.4) is 0 Å². The Balaban J connectivity index is 1.43. The molecule has 0 unspecified atom stereocenters. The van der Waals surface area contributed by atoms with Crippen LogP contribution in [0.25, 0.3) is 33.2 Å². The molecule has 3 N–H and O–H groups in total. The molecule has 0 saturated heterocycles. The highest BCUT2D eigenvalue weighted by atomic mass is 35.5. The number of fused-ring (bicyclic) bond motifs is 2. The van der Waals surface area contributed by atoms with E-state index in [1.807, 2.05) is 53.2 Å². The first-order valence-electron chi connectivity index (χ1n) is 12.8. The van der Waals surface area contributed by atoms with Crippen molar-refractivity contribution < 1.29 is 0 Å². The molecule has 5 aromatic rings. The Morgan fingerprint density at radius 3 is 2.76 bits per heavy atom. The summed E-state index contributed by atoms with van der Waals surface area (Å²) in [6.07, 6.45) is 13.5. The van der Waals surface area contributed by atoms with E-state index in [0.29, 0.717) is 17.6 Å². The van der Waals surface area contributed by atoms with Gasteiger partial charge < -0.3 is 20.2 Å². The van der Waals surface area contributed by atoms with Crippen molar-refractivity contribution >= 4 is 39.5 Å². The van der Waals surface area contributed by atoms with Crippen LogP contribution in [-0.2, 0) is 13.6 Å². The third-order valence-electron chi connectivity index (χ3n) is 7.17. The van der Waals surface area contributed by atoms with Crippen LogP contribution < -0.4 is 10.6 Å². The van der Waals surface area contributed by atoms with Gasteiger partial charge in [-0.15, -0.1) is 0 Å². The molecule has 37 heavy (non-hydrogen) atoms. The van der Waals surface area contributed by atoms with Gasteiger partial charge in [0, 0.05) is 67.5 Å². The molecule has 0 spiro atoms. The van der Waals surface area contributed by atoms with Gasteiger partial charge in [-0.05, 0) is 25.3 Å². The fourth-order valence-corrected chi connectivity index (χ4v) is 5.29. The molecule has 0 radical (unpaired) electrons. The fourth-order valence-electron chi connectivity index (χ4n) is 4.98. The quantitative estimate of drug-likeness (QED) is 0.264. The van der Waals surface area contributed by atoms with Crippen LogP contribution in [0.5, 0.6) is 0 Å². The monoisotopic (exact) mass is 519 g/mol. The van der Waals surface area contributed by atoms with Crippen molar-refractivity contribution in [1.29, 1.82) is 0 Å². The van der Waals surface area contributed by atoms with E-state index in [4.69, 9.17) is 32.4 Å². The minimum Gasteiger partial charge on any atom is -0.355 e. The molecule has 0 amide bonds. The summed E-state index contributed by atoms with van der Waals surface area (Å²) in [5.74, 6) is 1.75. The lowest BCUT2D eigenvalue weighted by Gasteiger charge is -2.30. The summed E-state index contributed by atoms with van der Waals surface area (Å²) in [6.45, 7) is 4.93. The average molecular weight is 520 g/mol. The molecule has 194 valence electrons. The van der Waals surface area contributed by atoms with Crippen LogP contribution in [0, 0.1) is 0 Å². The van der Waals surface area contributed by atoms with E-state index in [9.17, 15) is 0 Å². The number of halogens is 1. The Morgan fingerprint density at radius 2 is 2.03 bits per heavy atom.